The molecule has 0 aromatic heterocycles. The number of carbonyl (C=O) groups is 3. The number of aromatic hydroxyl groups is 1. The van der Waals surface area contributed by atoms with Crippen LogP contribution < -0.4 is 10.6 Å². The van der Waals surface area contributed by atoms with Gasteiger partial charge in [-0.3, -0.25) is 9.59 Å². The Hall–Kier alpha value is -4.39. The zero-order chi connectivity index (χ0) is 21.8. The molecule has 31 heavy (non-hydrogen) atoms. The van der Waals surface area contributed by atoms with E-state index in [1.54, 1.807) is 6.08 Å². The van der Waals surface area contributed by atoms with Crippen molar-refractivity contribution in [2.75, 3.05) is 11.9 Å². The van der Waals surface area contributed by atoms with E-state index in [9.17, 15) is 19.5 Å². The lowest BCUT2D eigenvalue weighted by Gasteiger charge is -2.12. The van der Waals surface area contributed by atoms with Crippen LogP contribution in [-0.4, -0.2) is 34.4 Å². The number of nitrogens with one attached hydrogen (secondary N) is 2. The van der Waals surface area contributed by atoms with Crippen LogP contribution in [0.1, 0.15) is 5.56 Å². The Labute approximate surface area is 178 Å². The average molecular weight is 413 g/mol. The minimum absolute atomic E-state index is 0.0682. The highest BCUT2D eigenvalue weighted by Crippen LogP contribution is 2.21. The molecule has 1 aliphatic heterocycles. The fourth-order valence-electron chi connectivity index (χ4n) is 3.17. The van der Waals surface area contributed by atoms with E-state index in [-0.39, 0.29) is 11.4 Å². The topological polar surface area (TPSA) is 98.7 Å². The standard InChI is InChI=1S/C24H19N3O4/c28-20-12-10-19(11-13-20)25-22(29)15-27-23(30)21(26-24(27)31)14-16-6-8-18(9-7-16)17-4-2-1-3-5-17/h1-14,28H,15H2,(H,25,29)(H,26,31)/b21-14-. The van der Waals surface area contributed by atoms with E-state index in [0.29, 0.717) is 5.69 Å². The lowest BCUT2D eigenvalue weighted by atomic mass is 10.0. The molecular weight excluding hydrogens is 394 g/mol. The summed E-state index contributed by atoms with van der Waals surface area (Å²) in [6, 6.07) is 22.7. The zero-order valence-electron chi connectivity index (χ0n) is 16.4. The van der Waals surface area contributed by atoms with Gasteiger partial charge in [0, 0.05) is 5.69 Å². The molecule has 0 radical (unpaired) electrons. The van der Waals surface area contributed by atoms with Crippen molar-refractivity contribution in [2.45, 2.75) is 0 Å². The van der Waals surface area contributed by atoms with Crippen LogP contribution in [0.15, 0.2) is 84.6 Å². The summed E-state index contributed by atoms with van der Waals surface area (Å²) in [5.41, 5.74) is 3.42. The first kappa shape index (κ1) is 19.9. The van der Waals surface area contributed by atoms with Gasteiger partial charge in [0.25, 0.3) is 5.91 Å². The smallest absolute Gasteiger partial charge is 0.329 e. The molecule has 3 N–H and O–H groups in total. The molecule has 0 atom stereocenters. The number of amides is 4. The summed E-state index contributed by atoms with van der Waals surface area (Å²) in [5, 5.41) is 14.4. The highest BCUT2D eigenvalue weighted by Gasteiger charge is 2.34. The molecule has 1 heterocycles. The minimum atomic E-state index is -0.655. The Morgan fingerprint density at radius 3 is 2.23 bits per heavy atom. The van der Waals surface area contributed by atoms with Crippen molar-refractivity contribution in [3.05, 3.63) is 90.1 Å². The van der Waals surface area contributed by atoms with Crippen molar-refractivity contribution in [2.24, 2.45) is 0 Å². The Kier molecular flexibility index (Phi) is 5.49. The van der Waals surface area contributed by atoms with Crippen LogP contribution in [0.2, 0.25) is 0 Å². The summed E-state index contributed by atoms with van der Waals surface area (Å²) < 4.78 is 0. The predicted molar refractivity (Wildman–Crippen MR) is 117 cm³/mol. The quantitative estimate of drug-likeness (QED) is 0.338. The first-order valence-corrected chi connectivity index (χ1v) is 9.58. The highest BCUT2D eigenvalue weighted by molar-refractivity contribution is 6.15. The first-order valence-electron chi connectivity index (χ1n) is 9.58. The summed E-state index contributed by atoms with van der Waals surface area (Å²) in [7, 11) is 0. The van der Waals surface area contributed by atoms with Crippen LogP contribution >= 0.6 is 0 Å². The second-order valence-electron chi connectivity index (χ2n) is 6.96. The Balaban J connectivity index is 1.43. The summed E-state index contributed by atoms with van der Waals surface area (Å²) in [5.74, 6) is -1.03. The second-order valence-corrected chi connectivity index (χ2v) is 6.96. The number of hydrogen-bond donors (Lipinski definition) is 3. The maximum atomic E-state index is 12.6. The van der Waals surface area contributed by atoms with Gasteiger partial charge >= 0.3 is 6.03 Å². The number of rotatable bonds is 5. The van der Waals surface area contributed by atoms with Crippen LogP contribution in [0.25, 0.3) is 17.2 Å². The van der Waals surface area contributed by atoms with Gasteiger partial charge in [0.15, 0.2) is 0 Å². The van der Waals surface area contributed by atoms with Crippen LogP contribution in [0.5, 0.6) is 5.75 Å². The summed E-state index contributed by atoms with van der Waals surface area (Å²) >= 11 is 0. The van der Waals surface area contributed by atoms with Gasteiger partial charge in [-0.1, -0.05) is 54.6 Å². The molecule has 0 unspecified atom stereocenters. The molecule has 0 aliphatic carbocycles. The van der Waals surface area contributed by atoms with Crippen molar-refractivity contribution in [3.63, 3.8) is 0 Å². The molecule has 7 nitrogen and oxygen atoms in total. The number of imide groups is 1. The number of benzene rings is 3. The monoisotopic (exact) mass is 413 g/mol. The van der Waals surface area contributed by atoms with Gasteiger partial charge in [0.05, 0.1) is 0 Å². The number of nitrogens with zero attached hydrogens (tertiary/aromatic N) is 1. The molecule has 7 heteroatoms. The van der Waals surface area contributed by atoms with E-state index >= 15 is 0 Å². The second kappa shape index (κ2) is 8.54. The summed E-state index contributed by atoms with van der Waals surface area (Å²) in [6.07, 6.45) is 1.58. The average Bonchev–Trinajstić information content (AvgIpc) is 3.04. The van der Waals surface area contributed by atoms with Crippen LogP contribution in [0.3, 0.4) is 0 Å². The number of carbonyl (C=O) groups excluding carboxylic acids is 3. The molecule has 1 saturated heterocycles. The van der Waals surface area contributed by atoms with Crippen LogP contribution in [0, 0.1) is 0 Å². The van der Waals surface area contributed by atoms with Gasteiger partial charge < -0.3 is 15.7 Å². The molecule has 0 saturated carbocycles. The molecular formula is C24H19N3O4. The van der Waals surface area contributed by atoms with E-state index < -0.39 is 24.4 Å². The number of urea groups is 1. The third kappa shape index (κ3) is 4.62. The predicted octanol–water partition coefficient (Wildman–Crippen LogP) is 3.59. The molecule has 4 rings (SSSR count). The molecule has 1 aliphatic rings. The Morgan fingerprint density at radius 2 is 1.55 bits per heavy atom. The van der Waals surface area contributed by atoms with Gasteiger partial charge in [0.2, 0.25) is 5.91 Å². The van der Waals surface area contributed by atoms with Gasteiger partial charge in [-0.15, -0.1) is 0 Å². The van der Waals surface area contributed by atoms with Crippen LogP contribution in [0.4, 0.5) is 10.5 Å². The van der Waals surface area contributed by atoms with Gasteiger partial charge in [-0.05, 0) is 47.0 Å². The fourth-order valence-corrected chi connectivity index (χ4v) is 3.17. The van der Waals surface area contributed by atoms with Gasteiger partial charge in [-0.25, -0.2) is 9.69 Å². The SMILES string of the molecule is O=C(CN1C(=O)N/C(=C\c2ccc(-c3ccccc3)cc2)C1=O)Nc1ccc(O)cc1. The third-order valence-corrected chi connectivity index (χ3v) is 4.74. The lowest BCUT2D eigenvalue weighted by Crippen LogP contribution is -2.38. The van der Waals surface area contributed by atoms with E-state index in [1.807, 2.05) is 54.6 Å². The fraction of sp³-hybridized carbons (Fsp3) is 0.0417. The number of phenolic OH excluding ortho intramolecular Hbond substituents is 1. The third-order valence-electron chi connectivity index (χ3n) is 4.74. The minimum Gasteiger partial charge on any atom is -0.508 e. The van der Waals surface area contributed by atoms with Crippen molar-refractivity contribution < 1.29 is 19.5 Å². The summed E-state index contributed by atoms with van der Waals surface area (Å²) in [6.45, 7) is -0.421. The number of phenols is 1. The molecule has 0 spiro atoms. The first-order chi connectivity index (χ1) is 15.0. The lowest BCUT2D eigenvalue weighted by molar-refractivity contribution is -0.127. The van der Waals surface area contributed by atoms with Gasteiger partial charge in [-0.2, -0.15) is 0 Å². The van der Waals surface area contributed by atoms with Gasteiger partial charge in [0.1, 0.15) is 18.0 Å². The van der Waals surface area contributed by atoms with E-state index in [1.165, 1.54) is 24.3 Å². The molecule has 154 valence electrons. The maximum Gasteiger partial charge on any atom is 0.329 e. The number of anilines is 1. The highest BCUT2D eigenvalue weighted by atomic mass is 16.3. The molecule has 1 fully saturated rings. The molecule has 0 bridgehead atoms. The van der Waals surface area contributed by atoms with E-state index in [4.69, 9.17) is 0 Å². The zero-order valence-corrected chi connectivity index (χ0v) is 16.4. The van der Waals surface area contributed by atoms with Crippen molar-refractivity contribution in [1.29, 1.82) is 0 Å². The van der Waals surface area contributed by atoms with Crippen molar-refractivity contribution >= 4 is 29.6 Å². The van der Waals surface area contributed by atoms with Crippen molar-refractivity contribution in [1.82, 2.24) is 10.2 Å². The maximum absolute atomic E-state index is 12.6. The molecule has 3 aromatic rings. The Bertz CT molecular complexity index is 1150. The number of hydrogen-bond acceptors (Lipinski definition) is 4. The van der Waals surface area contributed by atoms with E-state index in [2.05, 4.69) is 10.6 Å². The van der Waals surface area contributed by atoms with E-state index in [0.717, 1.165) is 21.6 Å². The Morgan fingerprint density at radius 1 is 0.903 bits per heavy atom. The summed E-state index contributed by atoms with van der Waals surface area (Å²) in [4.78, 5) is 37.9. The molecule has 3 aromatic carbocycles. The van der Waals surface area contributed by atoms with Crippen LogP contribution in [-0.2, 0) is 9.59 Å². The molecule has 4 amide bonds. The largest absolute Gasteiger partial charge is 0.508 e. The van der Waals surface area contributed by atoms with Crippen molar-refractivity contribution in [3.8, 4) is 16.9 Å². The normalized spacial score (nSPS) is 14.6.